The minimum absolute atomic E-state index is 0.445. The Balaban J connectivity index is 1.89. The van der Waals surface area contributed by atoms with Crippen LogP contribution in [0.15, 0.2) is 0 Å². The number of hydrogen-bond acceptors (Lipinski definition) is 4. The van der Waals surface area contributed by atoms with Crippen LogP contribution in [0.5, 0.6) is 0 Å². The van der Waals surface area contributed by atoms with Crippen LogP contribution in [0.4, 0.5) is 0 Å². The van der Waals surface area contributed by atoms with Crippen LogP contribution >= 0.6 is 0 Å². The smallest absolute Gasteiger partial charge is 0.165 e. The van der Waals surface area contributed by atoms with E-state index in [1.807, 2.05) is 4.68 Å². The van der Waals surface area contributed by atoms with E-state index in [0.29, 0.717) is 12.6 Å². The molecular formula is C9H15N5. The molecule has 5 heteroatoms. The van der Waals surface area contributed by atoms with Crippen LogP contribution in [0.3, 0.4) is 0 Å². The van der Waals surface area contributed by atoms with Crippen LogP contribution in [0.25, 0.3) is 0 Å². The van der Waals surface area contributed by atoms with E-state index in [9.17, 15) is 0 Å². The lowest BCUT2D eigenvalue weighted by Gasteiger charge is -2.21. The van der Waals surface area contributed by atoms with E-state index >= 15 is 0 Å². The summed E-state index contributed by atoms with van der Waals surface area (Å²) >= 11 is 0. The lowest BCUT2D eigenvalue weighted by atomic mass is 9.95. The maximum atomic E-state index is 5.60. The highest BCUT2D eigenvalue weighted by molar-refractivity contribution is 4.95. The fourth-order valence-corrected chi connectivity index (χ4v) is 3.11. The molecule has 2 bridgehead atoms. The van der Waals surface area contributed by atoms with Crippen molar-refractivity contribution < 1.29 is 0 Å². The quantitative estimate of drug-likeness (QED) is 0.742. The highest BCUT2D eigenvalue weighted by Crippen LogP contribution is 2.50. The number of nitrogens with two attached hydrogens (primary N) is 1. The van der Waals surface area contributed by atoms with Crippen LogP contribution in [0.1, 0.15) is 37.5 Å². The standard InChI is InChI=1S/C9H15N5/c10-5-9-11-12-13-14(9)8-4-6-1-2-7(8)3-6/h6-8H,1-5,10H2. The number of aromatic nitrogens is 4. The average Bonchev–Trinajstić information content (AvgIpc) is 2.92. The molecule has 76 valence electrons. The normalized spacial score (nSPS) is 35.4. The van der Waals surface area contributed by atoms with Gasteiger partial charge in [0.15, 0.2) is 5.82 Å². The van der Waals surface area contributed by atoms with Gasteiger partial charge >= 0.3 is 0 Å². The van der Waals surface area contributed by atoms with Gasteiger partial charge in [0.1, 0.15) is 0 Å². The third-order valence-corrected chi connectivity index (χ3v) is 3.76. The van der Waals surface area contributed by atoms with E-state index < -0.39 is 0 Å². The van der Waals surface area contributed by atoms with Gasteiger partial charge in [-0.1, -0.05) is 6.42 Å². The van der Waals surface area contributed by atoms with Crippen LogP contribution < -0.4 is 5.73 Å². The van der Waals surface area contributed by atoms with Gasteiger partial charge < -0.3 is 5.73 Å². The fraction of sp³-hybridized carbons (Fsp3) is 0.889. The first-order valence-corrected chi connectivity index (χ1v) is 5.35. The van der Waals surface area contributed by atoms with Crippen molar-refractivity contribution in [1.82, 2.24) is 20.2 Å². The van der Waals surface area contributed by atoms with Crippen LogP contribution in [-0.2, 0) is 6.54 Å². The van der Waals surface area contributed by atoms with Gasteiger partial charge in [0.05, 0.1) is 12.6 Å². The summed E-state index contributed by atoms with van der Waals surface area (Å²) in [5, 5.41) is 11.7. The second kappa shape index (κ2) is 3.02. The molecule has 0 saturated heterocycles. The van der Waals surface area contributed by atoms with Crippen LogP contribution in [-0.4, -0.2) is 20.2 Å². The molecule has 2 aliphatic rings. The Morgan fingerprint density at radius 1 is 1.36 bits per heavy atom. The molecule has 2 N–H and O–H groups in total. The number of hydrogen-bond donors (Lipinski definition) is 1. The summed E-state index contributed by atoms with van der Waals surface area (Å²) in [7, 11) is 0. The Bertz CT molecular complexity index is 334. The van der Waals surface area contributed by atoms with Crippen molar-refractivity contribution in [2.45, 2.75) is 38.3 Å². The average molecular weight is 193 g/mol. The van der Waals surface area contributed by atoms with Crippen LogP contribution in [0, 0.1) is 11.8 Å². The van der Waals surface area contributed by atoms with Crippen molar-refractivity contribution >= 4 is 0 Å². The summed E-state index contributed by atoms with van der Waals surface area (Å²) in [4.78, 5) is 0. The number of tetrazole rings is 1. The largest absolute Gasteiger partial charge is 0.324 e. The van der Waals surface area contributed by atoms with Crippen molar-refractivity contribution in [2.75, 3.05) is 0 Å². The van der Waals surface area contributed by atoms with Crippen molar-refractivity contribution in [3.8, 4) is 0 Å². The molecule has 1 aromatic heterocycles. The molecule has 0 aromatic carbocycles. The number of nitrogens with zero attached hydrogens (tertiary/aromatic N) is 4. The molecular weight excluding hydrogens is 178 g/mol. The summed E-state index contributed by atoms with van der Waals surface area (Å²) < 4.78 is 1.96. The Morgan fingerprint density at radius 2 is 2.29 bits per heavy atom. The molecule has 14 heavy (non-hydrogen) atoms. The topological polar surface area (TPSA) is 69.6 Å². The van der Waals surface area contributed by atoms with Crippen molar-refractivity contribution in [2.24, 2.45) is 17.6 Å². The van der Waals surface area contributed by atoms with Crippen LogP contribution in [0.2, 0.25) is 0 Å². The van der Waals surface area contributed by atoms with Gasteiger partial charge in [-0.15, -0.1) is 5.10 Å². The predicted molar refractivity (Wildman–Crippen MR) is 50.2 cm³/mol. The van der Waals surface area contributed by atoms with Gasteiger partial charge in [0.2, 0.25) is 0 Å². The molecule has 2 fully saturated rings. The van der Waals surface area contributed by atoms with E-state index in [-0.39, 0.29) is 0 Å². The fourth-order valence-electron chi connectivity index (χ4n) is 3.11. The Morgan fingerprint density at radius 3 is 2.93 bits per heavy atom. The Kier molecular flexibility index (Phi) is 1.80. The molecule has 5 nitrogen and oxygen atoms in total. The third kappa shape index (κ3) is 1.08. The van der Waals surface area contributed by atoms with E-state index in [0.717, 1.165) is 17.7 Å². The molecule has 3 unspecified atom stereocenters. The maximum absolute atomic E-state index is 5.60. The highest BCUT2D eigenvalue weighted by Gasteiger charge is 2.41. The number of fused-ring (bicyclic) bond motifs is 2. The summed E-state index contributed by atoms with van der Waals surface area (Å²) in [5.41, 5.74) is 5.60. The molecule has 0 amide bonds. The Hall–Kier alpha value is -0.970. The molecule has 0 aliphatic heterocycles. The van der Waals surface area contributed by atoms with E-state index in [4.69, 9.17) is 5.73 Å². The summed E-state index contributed by atoms with van der Waals surface area (Å²) in [6.45, 7) is 0.445. The second-order valence-electron chi connectivity index (χ2n) is 4.49. The van der Waals surface area contributed by atoms with E-state index in [2.05, 4.69) is 15.5 Å². The SMILES string of the molecule is NCc1nnnn1C1CC2CCC1C2. The molecule has 3 rings (SSSR count). The highest BCUT2D eigenvalue weighted by atomic mass is 15.6. The van der Waals surface area contributed by atoms with E-state index in [1.165, 1.54) is 25.7 Å². The molecule has 0 spiro atoms. The summed E-state index contributed by atoms with van der Waals surface area (Å²) in [6, 6.07) is 0.530. The minimum Gasteiger partial charge on any atom is -0.324 e. The third-order valence-electron chi connectivity index (χ3n) is 3.76. The summed E-state index contributed by atoms with van der Waals surface area (Å²) in [6.07, 6.45) is 5.37. The first-order valence-electron chi connectivity index (χ1n) is 5.35. The van der Waals surface area contributed by atoms with Crippen molar-refractivity contribution in [3.05, 3.63) is 5.82 Å². The summed E-state index contributed by atoms with van der Waals surface area (Å²) in [5.74, 6) is 2.55. The first kappa shape index (κ1) is 8.35. The van der Waals surface area contributed by atoms with Crippen molar-refractivity contribution in [1.29, 1.82) is 0 Å². The van der Waals surface area contributed by atoms with Gasteiger partial charge in [0.25, 0.3) is 0 Å². The van der Waals surface area contributed by atoms with Gasteiger partial charge in [0, 0.05) is 0 Å². The minimum atomic E-state index is 0.445. The maximum Gasteiger partial charge on any atom is 0.165 e. The predicted octanol–water partition coefficient (Wildman–Crippen LogP) is 0.493. The zero-order chi connectivity index (χ0) is 9.54. The first-order chi connectivity index (χ1) is 6.88. The molecule has 2 saturated carbocycles. The molecule has 2 aliphatic carbocycles. The molecule has 3 atom stereocenters. The van der Waals surface area contributed by atoms with Gasteiger partial charge in [-0.3, -0.25) is 0 Å². The lowest BCUT2D eigenvalue weighted by Crippen LogP contribution is -2.21. The van der Waals surface area contributed by atoms with Gasteiger partial charge in [-0.2, -0.15) is 0 Å². The zero-order valence-electron chi connectivity index (χ0n) is 8.13. The molecule has 0 radical (unpaired) electrons. The van der Waals surface area contributed by atoms with Crippen molar-refractivity contribution in [3.63, 3.8) is 0 Å². The van der Waals surface area contributed by atoms with E-state index in [1.54, 1.807) is 0 Å². The van der Waals surface area contributed by atoms with Gasteiger partial charge in [-0.25, -0.2) is 4.68 Å². The molecule has 1 heterocycles. The second-order valence-corrected chi connectivity index (χ2v) is 4.49. The molecule has 1 aromatic rings. The number of rotatable bonds is 2. The lowest BCUT2D eigenvalue weighted by molar-refractivity contribution is 0.295. The zero-order valence-corrected chi connectivity index (χ0v) is 8.13. The Labute approximate surface area is 82.7 Å². The monoisotopic (exact) mass is 193 g/mol. The van der Waals surface area contributed by atoms with Gasteiger partial charge in [-0.05, 0) is 41.5 Å².